The third kappa shape index (κ3) is 4.15. The van der Waals surface area contributed by atoms with Crippen LogP contribution in [0.25, 0.3) is 0 Å². The maximum Gasteiger partial charge on any atom is 0.323 e. The van der Waals surface area contributed by atoms with Gasteiger partial charge in [-0.3, -0.25) is 19.2 Å². The van der Waals surface area contributed by atoms with Crippen LogP contribution >= 0.6 is 0 Å². The summed E-state index contributed by atoms with van der Waals surface area (Å²) in [4.78, 5) is 48.1. The molecule has 194 valence electrons. The molecule has 8 atom stereocenters. The molecule has 3 saturated carbocycles. The van der Waals surface area contributed by atoms with Gasteiger partial charge in [0.25, 0.3) is 0 Å². The zero-order chi connectivity index (χ0) is 25.8. The zero-order valence-electron chi connectivity index (χ0n) is 20.5. The van der Waals surface area contributed by atoms with Crippen molar-refractivity contribution < 1.29 is 39.2 Å². The number of aliphatic carboxylic acids is 1. The SMILES string of the molecule is C[C@]12CCC(=O)C=C1CC[C@@H]1[C@@H]2[C@@H](O)C[C@@]2(C)[C@H]1CC[C@]2(O)C(=O)COC(=O)[C@H](N)CCC(=O)O. The van der Waals surface area contributed by atoms with Crippen LogP contribution in [0.4, 0.5) is 0 Å². The third-order valence-corrected chi connectivity index (χ3v) is 9.83. The van der Waals surface area contributed by atoms with Crippen molar-refractivity contribution in [2.45, 2.75) is 89.4 Å². The fraction of sp³-hybridized carbons (Fsp3) is 0.769. The zero-order valence-corrected chi connectivity index (χ0v) is 20.5. The molecule has 0 radical (unpaired) electrons. The first-order chi connectivity index (χ1) is 16.3. The molecule has 4 aliphatic carbocycles. The van der Waals surface area contributed by atoms with Gasteiger partial charge in [0.1, 0.15) is 11.6 Å². The van der Waals surface area contributed by atoms with Crippen molar-refractivity contribution >= 4 is 23.5 Å². The lowest BCUT2D eigenvalue weighted by Crippen LogP contribution is -2.62. The van der Waals surface area contributed by atoms with E-state index in [2.05, 4.69) is 6.92 Å². The first-order valence-electron chi connectivity index (χ1n) is 12.6. The van der Waals surface area contributed by atoms with E-state index in [0.717, 1.165) is 18.4 Å². The number of carbonyl (C=O) groups is 4. The van der Waals surface area contributed by atoms with Gasteiger partial charge in [-0.25, -0.2) is 0 Å². The van der Waals surface area contributed by atoms with Crippen molar-refractivity contribution in [2.75, 3.05) is 6.61 Å². The van der Waals surface area contributed by atoms with E-state index < -0.39 is 47.5 Å². The summed E-state index contributed by atoms with van der Waals surface area (Å²) >= 11 is 0. The van der Waals surface area contributed by atoms with Crippen molar-refractivity contribution in [1.82, 2.24) is 0 Å². The number of aliphatic hydroxyl groups is 2. The van der Waals surface area contributed by atoms with Gasteiger partial charge in [-0.05, 0) is 74.2 Å². The molecule has 0 bridgehead atoms. The molecule has 4 rings (SSSR count). The second kappa shape index (κ2) is 9.09. The van der Waals surface area contributed by atoms with E-state index in [1.165, 1.54) is 0 Å². The Kier molecular flexibility index (Phi) is 6.74. The van der Waals surface area contributed by atoms with Crippen LogP contribution < -0.4 is 5.73 Å². The summed E-state index contributed by atoms with van der Waals surface area (Å²) < 4.78 is 5.06. The van der Waals surface area contributed by atoms with Crippen LogP contribution in [-0.4, -0.2) is 63.2 Å². The predicted octanol–water partition coefficient (Wildman–Crippen LogP) is 1.52. The summed E-state index contributed by atoms with van der Waals surface area (Å²) in [6.07, 6.45) is 4.51. The number of nitrogens with two attached hydrogens (primary N) is 1. The van der Waals surface area contributed by atoms with Crippen LogP contribution in [0.2, 0.25) is 0 Å². The minimum atomic E-state index is -1.74. The molecule has 5 N–H and O–H groups in total. The van der Waals surface area contributed by atoms with Gasteiger partial charge in [-0.1, -0.05) is 19.4 Å². The van der Waals surface area contributed by atoms with Crippen LogP contribution in [0.1, 0.15) is 71.6 Å². The quantitative estimate of drug-likeness (QED) is 0.386. The fourth-order valence-electron chi connectivity index (χ4n) is 7.91. The van der Waals surface area contributed by atoms with Crippen molar-refractivity contribution in [2.24, 2.45) is 34.3 Å². The number of hydrogen-bond acceptors (Lipinski definition) is 8. The number of esters is 1. The summed E-state index contributed by atoms with van der Waals surface area (Å²) in [5.41, 5.74) is 3.91. The minimum Gasteiger partial charge on any atom is -0.481 e. The first-order valence-corrected chi connectivity index (χ1v) is 12.6. The first kappa shape index (κ1) is 26.0. The monoisotopic (exact) mass is 491 g/mol. The number of Topliss-reactive ketones (excluding diaryl/α,β-unsaturated/α-hetero) is 1. The Labute approximate surface area is 205 Å². The number of ether oxygens (including phenoxy) is 1. The van der Waals surface area contributed by atoms with Gasteiger partial charge in [0.2, 0.25) is 5.78 Å². The predicted molar refractivity (Wildman–Crippen MR) is 124 cm³/mol. The van der Waals surface area contributed by atoms with Gasteiger partial charge in [0.15, 0.2) is 12.4 Å². The lowest BCUT2D eigenvalue weighted by molar-refractivity contribution is -0.184. The fourth-order valence-corrected chi connectivity index (χ4v) is 7.91. The molecule has 3 fully saturated rings. The van der Waals surface area contributed by atoms with Crippen LogP contribution in [0.3, 0.4) is 0 Å². The normalized spacial score (nSPS) is 41.2. The van der Waals surface area contributed by atoms with E-state index in [0.29, 0.717) is 19.3 Å². The standard InChI is InChI=1S/C26H37NO8/c1-24-9-7-15(28)11-14(24)3-4-16-17-8-10-26(34,25(17,2)12-19(29)22(16)24)20(30)13-35-23(33)18(27)5-6-21(31)32/h11,16-19,22,29,34H,3-10,12-13,27H2,1-2H3,(H,31,32)/t16-,17-,18+,19-,22+,24-,25-,26-/m0/s1. The summed E-state index contributed by atoms with van der Waals surface area (Å²) in [5, 5.41) is 31.8. The van der Waals surface area contributed by atoms with Gasteiger partial charge in [-0.2, -0.15) is 0 Å². The second-order valence-corrected chi connectivity index (χ2v) is 11.5. The van der Waals surface area contributed by atoms with E-state index in [9.17, 15) is 29.4 Å². The Balaban J connectivity index is 1.49. The largest absolute Gasteiger partial charge is 0.481 e. The van der Waals surface area contributed by atoms with Crippen molar-refractivity contribution in [1.29, 1.82) is 0 Å². The lowest BCUT2D eigenvalue weighted by atomic mass is 9.45. The maximum atomic E-state index is 13.2. The number of carboxylic acids is 1. The topological polar surface area (TPSA) is 164 Å². The molecule has 0 aromatic carbocycles. The van der Waals surface area contributed by atoms with Gasteiger partial charge in [0.05, 0.1) is 6.10 Å². The molecule has 0 aromatic heterocycles. The van der Waals surface area contributed by atoms with E-state index in [1.54, 1.807) is 6.08 Å². The Morgan fingerprint density at radius 2 is 1.91 bits per heavy atom. The molecule has 9 nitrogen and oxygen atoms in total. The van der Waals surface area contributed by atoms with Crippen molar-refractivity contribution in [3.63, 3.8) is 0 Å². The highest BCUT2D eigenvalue weighted by molar-refractivity contribution is 5.92. The van der Waals surface area contributed by atoms with Crippen LogP contribution in [0.15, 0.2) is 11.6 Å². The summed E-state index contributed by atoms with van der Waals surface area (Å²) in [6.45, 7) is 3.36. The third-order valence-electron chi connectivity index (χ3n) is 9.83. The molecule has 0 unspecified atom stereocenters. The van der Waals surface area contributed by atoms with Crippen LogP contribution in [0.5, 0.6) is 0 Å². The Morgan fingerprint density at radius 3 is 2.60 bits per heavy atom. The molecule has 0 saturated heterocycles. The number of ketones is 2. The number of fused-ring (bicyclic) bond motifs is 5. The lowest BCUT2D eigenvalue weighted by Gasteiger charge is -2.60. The van der Waals surface area contributed by atoms with Crippen molar-refractivity contribution in [3.05, 3.63) is 11.6 Å². The van der Waals surface area contributed by atoms with Gasteiger partial charge >= 0.3 is 11.9 Å². The Hall–Kier alpha value is -2.10. The van der Waals surface area contributed by atoms with Gasteiger partial charge in [-0.15, -0.1) is 0 Å². The second-order valence-electron chi connectivity index (χ2n) is 11.5. The molecule has 0 amide bonds. The molecule has 0 aliphatic heterocycles. The van der Waals surface area contributed by atoms with Gasteiger partial charge < -0.3 is 25.8 Å². The number of hydrogen-bond donors (Lipinski definition) is 4. The highest BCUT2D eigenvalue weighted by atomic mass is 16.5. The average Bonchev–Trinajstić information content (AvgIpc) is 3.06. The molecule has 0 aromatic rings. The number of allylic oxidation sites excluding steroid dienone is 1. The molecular weight excluding hydrogens is 454 g/mol. The molecule has 9 heteroatoms. The number of rotatable bonds is 7. The Bertz CT molecular complexity index is 961. The number of carbonyl (C=O) groups excluding carboxylic acids is 3. The van der Waals surface area contributed by atoms with Gasteiger partial charge in [0, 0.05) is 18.3 Å². The van der Waals surface area contributed by atoms with E-state index in [-0.39, 0.29) is 54.6 Å². The highest BCUT2D eigenvalue weighted by Gasteiger charge is 2.68. The molecule has 0 heterocycles. The molecule has 0 spiro atoms. The minimum absolute atomic E-state index is 0.0226. The van der Waals surface area contributed by atoms with E-state index in [4.69, 9.17) is 15.6 Å². The highest BCUT2D eigenvalue weighted by Crippen LogP contribution is 2.67. The molecule has 35 heavy (non-hydrogen) atoms. The molecular formula is C26H37NO8. The number of carboxylic acid groups (broad SMARTS) is 1. The number of aliphatic hydroxyl groups excluding tert-OH is 1. The summed E-state index contributed by atoms with van der Waals surface area (Å²) in [7, 11) is 0. The maximum absolute atomic E-state index is 13.2. The smallest absolute Gasteiger partial charge is 0.323 e. The van der Waals surface area contributed by atoms with Crippen molar-refractivity contribution in [3.8, 4) is 0 Å². The van der Waals surface area contributed by atoms with Crippen LogP contribution in [-0.2, 0) is 23.9 Å². The molecule has 4 aliphatic rings. The average molecular weight is 492 g/mol. The Morgan fingerprint density at radius 1 is 1.20 bits per heavy atom. The van der Waals surface area contributed by atoms with E-state index >= 15 is 0 Å². The van der Waals surface area contributed by atoms with E-state index in [1.807, 2.05) is 6.92 Å². The van der Waals surface area contributed by atoms with Crippen LogP contribution in [0, 0.1) is 28.6 Å². The summed E-state index contributed by atoms with van der Waals surface area (Å²) in [5.74, 6) is -2.32. The summed E-state index contributed by atoms with van der Waals surface area (Å²) in [6, 6.07) is -1.16.